The summed E-state index contributed by atoms with van der Waals surface area (Å²) < 4.78 is 13.5. The third-order valence-electron chi connectivity index (χ3n) is 4.47. The van der Waals surface area contributed by atoms with Gasteiger partial charge >= 0.3 is 0 Å². The lowest BCUT2D eigenvalue weighted by Crippen LogP contribution is -2.29. The average molecular weight is 273 g/mol. The van der Waals surface area contributed by atoms with E-state index in [1.165, 1.54) is 18.9 Å². The Morgan fingerprint density at radius 2 is 2.20 bits per heavy atom. The van der Waals surface area contributed by atoms with Crippen LogP contribution in [0.3, 0.4) is 0 Å². The fourth-order valence-electron chi connectivity index (χ4n) is 3.18. The maximum absolute atomic E-state index is 13.5. The normalized spacial score (nSPS) is 26.6. The molecule has 106 valence electrons. The van der Waals surface area contributed by atoms with E-state index in [4.69, 9.17) is 5.26 Å². The van der Waals surface area contributed by atoms with E-state index in [-0.39, 0.29) is 11.6 Å². The molecule has 0 bridgehead atoms. The molecule has 3 nitrogen and oxygen atoms in total. The van der Waals surface area contributed by atoms with E-state index in [0.29, 0.717) is 12.0 Å². The number of halogens is 1. The Labute approximate surface area is 119 Å². The molecule has 2 aliphatic rings. The quantitative estimate of drug-likeness (QED) is 0.916. The summed E-state index contributed by atoms with van der Waals surface area (Å²) in [6, 6.07) is 7.90. The van der Waals surface area contributed by atoms with Gasteiger partial charge < -0.3 is 5.32 Å². The molecule has 0 spiro atoms. The Bertz CT molecular complexity index is 533. The third-order valence-corrected chi connectivity index (χ3v) is 4.47. The summed E-state index contributed by atoms with van der Waals surface area (Å²) in [4.78, 5) is 2.31. The predicted molar refractivity (Wildman–Crippen MR) is 75.6 cm³/mol. The Kier molecular flexibility index (Phi) is 3.73. The van der Waals surface area contributed by atoms with Gasteiger partial charge in [-0.3, -0.25) is 4.90 Å². The van der Waals surface area contributed by atoms with Crippen molar-refractivity contribution in [1.82, 2.24) is 10.2 Å². The molecule has 1 N–H and O–H groups in total. The fraction of sp³-hybridized carbons (Fsp3) is 0.562. The highest BCUT2D eigenvalue weighted by atomic mass is 19.1. The van der Waals surface area contributed by atoms with Gasteiger partial charge in [0.25, 0.3) is 0 Å². The van der Waals surface area contributed by atoms with Crippen LogP contribution in [-0.2, 0) is 0 Å². The van der Waals surface area contributed by atoms with Gasteiger partial charge in [0.2, 0.25) is 0 Å². The van der Waals surface area contributed by atoms with Crippen molar-refractivity contribution in [1.29, 1.82) is 5.26 Å². The number of nitrogens with one attached hydrogen (secondary N) is 1. The van der Waals surface area contributed by atoms with E-state index < -0.39 is 5.82 Å². The molecular formula is C16H20FN3. The number of nitriles is 1. The van der Waals surface area contributed by atoms with Crippen LogP contribution in [0.2, 0.25) is 0 Å². The van der Waals surface area contributed by atoms with Crippen molar-refractivity contribution in [2.24, 2.45) is 5.92 Å². The number of hydrogen-bond donors (Lipinski definition) is 1. The van der Waals surface area contributed by atoms with E-state index in [1.807, 2.05) is 12.1 Å². The Balaban J connectivity index is 1.79. The second-order valence-electron chi connectivity index (χ2n) is 6.01. The Morgan fingerprint density at radius 1 is 1.40 bits per heavy atom. The molecule has 2 atom stereocenters. The van der Waals surface area contributed by atoms with Gasteiger partial charge in [0.15, 0.2) is 0 Å². The first-order valence-electron chi connectivity index (χ1n) is 7.32. The zero-order valence-corrected chi connectivity index (χ0v) is 11.8. The first-order chi connectivity index (χ1) is 9.69. The van der Waals surface area contributed by atoms with E-state index in [0.717, 1.165) is 25.1 Å². The van der Waals surface area contributed by atoms with Crippen LogP contribution in [0.1, 0.15) is 36.4 Å². The van der Waals surface area contributed by atoms with E-state index in [1.54, 1.807) is 6.07 Å². The van der Waals surface area contributed by atoms with Gasteiger partial charge in [0, 0.05) is 18.6 Å². The minimum Gasteiger partial charge on any atom is -0.314 e. The molecule has 1 aliphatic heterocycles. The van der Waals surface area contributed by atoms with E-state index in [9.17, 15) is 4.39 Å². The lowest BCUT2D eigenvalue weighted by molar-refractivity contribution is 0.271. The Morgan fingerprint density at radius 3 is 2.90 bits per heavy atom. The standard InChI is InChI=1S/C16H20FN3/c1-20-7-6-12(10-19-14-3-4-14)16(20)11-2-5-15(17)13(8-11)9-18/h2,5,8,12,14,16,19H,3-4,6-7,10H2,1H3. The minimum absolute atomic E-state index is 0.150. The molecule has 0 aromatic heterocycles. The van der Waals surface area contributed by atoms with Crippen LogP contribution in [0.4, 0.5) is 4.39 Å². The highest BCUT2D eigenvalue weighted by molar-refractivity contribution is 5.36. The highest BCUT2D eigenvalue weighted by Gasteiger charge is 2.34. The number of likely N-dealkylation sites (tertiary alicyclic amines) is 1. The van der Waals surface area contributed by atoms with Gasteiger partial charge in [-0.15, -0.1) is 0 Å². The van der Waals surface area contributed by atoms with Crippen LogP contribution in [-0.4, -0.2) is 31.1 Å². The second kappa shape index (κ2) is 5.51. The summed E-state index contributed by atoms with van der Waals surface area (Å²) in [5, 5.41) is 12.6. The van der Waals surface area contributed by atoms with Crippen molar-refractivity contribution in [3.05, 3.63) is 35.1 Å². The molecule has 1 heterocycles. The smallest absolute Gasteiger partial charge is 0.140 e. The lowest BCUT2D eigenvalue weighted by atomic mass is 9.92. The summed E-state index contributed by atoms with van der Waals surface area (Å²) in [6.07, 6.45) is 3.74. The van der Waals surface area contributed by atoms with Gasteiger partial charge in [-0.25, -0.2) is 4.39 Å². The van der Waals surface area contributed by atoms with Crippen molar-refractivity contribution in [2.75, 3.05) is 20.1 Å². The molecule has 1 aromatic carbocycles. The third kappa shape index (κ3) is 2.70. The summed E-state index contributed by atoms with van der Waals surface area (Å²) in [6.45, 7) is 2.07. The van der Waals surface area contributed by atoms with Crippen LogP contribution in [0, 0.1) is 23.1 Å². The van der Waals surface area contributed by atoms with Gasteiger partial charge in [-0.2, -0.15) is 5.26 Å². The topological polar surface area (TPSA) is 39.1 Å². The molecule has 1 aromatic rings. The molecule has 4 heteroatoms. The second-order valence-corrected chi connectivity index (χ2v) is 6.01. The van der Waals surface area contributed by atoms with Crippen LogP contribution in [0.25, 0.3) is 0 Å². The van der Waals surface area contributed by atoms with Crippen molar-refractivity contribution in [3.63, 3.8) is 0 Å². The lowest BCUT2D eigenvalue weighted by Gasteiger charge is -2.26. The Hall–Kier alpha value is -1.44. The summed E-state index contributed by atoms with van der Waals surface area (Å²) in [5.41, 5.74) is 1.21. The number of hydrogen-bond acceptors (Lipinski definition) is 3. The van der Waals surface area contributed by atoms with Crippen LogP contribution >= 0.6 is 0 Å². The van der Waals surface area contributed by atoms with E-state index in [2.05, 4.69) is 17.3 Å². The minimum atomic E-state index is -0.426. The maximum atomic E-state index is 13.5. The molecule has 0 amide bonds. The fourth-order valence-corrected chi connectivity index (χ4v) is 3.18. The summed E-state index contributed by atoms with van der Waals surface area (Å²) in [7, 11) is 2.11. The molecule has 2 unspecified atom stereocenters. The molecule has 1 aliphatic carbocycles. The predicted octanol–water partition coefficient (Wildman–Crippen LogP) is 2.44. The summed E-state index contributed by atoms with van der Waals surface area (Å²) in [5.74, 6) is 0.113. The number of rotatable bonds is 4. The highest BCUT2D eigenvalue weighted by Crippen LogP contribution is 2.36. The molecule has 20 heavy (non-hydrogen) atoms. The first kappa shape index (κ1) is 13.5. The molecule has 1 saturated heterocycles. The van der Waals surface area contributed by atoms with E-state index >= 15 is 0 Å². The van der Waals surface area contributed by atoms with Crippen molar-refractivity contribution in [3.8, 4) is 6.07 Å². The zero-order valence-electron chi connectivity index (χ0n) is 11.8. The largest absolute Gasteiger partial charge is 0.314 e. The average Bonchev–Trinajstić information content (AvgIpc) is 3.21. The van der Waals surface area contributed by atoms with Crippen LogP contribution in [0.15, 0.2) is 18.2 Å². The molecule has 3 rings (SSSR count). The summed E-state index contributed by atoms with van der Waals surface area (Å²) >= 11 is 0. The van der Waals surface area contributed by atoms with Crippen molar-refractivity contribution in [2.45, 2.75) is 31.3 Å². The molecule has 2 fully saturated rings. The van der Waals surface area contributed by atoms with Gasteiger partial charge in [0.1, 0.15) is 11.9 Å². The van der Waals surface area contributed by atoms with Crippen molar-refractivity contribution >= 4 is 0 Å². The van der Waals surface area contributed by atoms with Crippen LogP contribution in [0.5, 0.6) is 0 Å². The monoisotopic (exact) mass is 273 g/mol. The number of nitrogens with zero attached hydrogens (tertiary/aromatic N) is 2. The first-order valence-corrected chi connectivity index (χ1v) is 7.32. The SMILES string of the molecule is CN1CCC(CNC2CC2)C1c1ccc(F)c(C#N)c1. The molecule has 1 saturated carbocycles. The van der Waals surface area contributed by atoms with Crippen LogP contribution < -0.4 is 5.32 Å². The van der Waals surface area contributed by atoms with Gasteiger partial charge in [-0.1, -0.05) is 6.07 Å². The number of benzene rings is 1. The van der Waals surface area contributed by atoms with Gasteiger partial charge in [-0.05, 0) is 56.5 Å². The molecule has 0 radical (unpaired) electrons. The van der Waals surface area contributed by atoms with Crippen molar-refractivity contribution < 1.29 is 4.39 Å². The molecular weight excluding hydrogens is 253 g/mol. The maximum Gasteiger partial charge on any atom is 0.140 e. The zero-order chi connectivity index (χ0) is 14.1. The van der Waals surface area contributed by atoms with Gasteiger partial charge in [0.05, 0.1) is 5.56 Å².